The minimum absolute atomic E-state index is 0.213. The molecule has 2 N–H and O–H groups in total. The van der Waals surface area contributed by atoms with Crippen LogP contribution in [0.2, 0.25) is 0 Å². The zero-order valence-electron chi connectivity index (χ0n) is 16.0. The van der Waals surface area contributed by atoms with Crippen LogP contribution in [0.5, 0.6) is 0 Å². The van der Waals surface area contributed by atoms with Crippen molar-refractivity contribution in [3.05, 3.63) is 23.8 Å². The molecule has 0 radical (unpaired) electrons. The summed E-state index contributed by atoms with van der Waals surface area (Å²) < 4.78 is 0. The Balaban J connectivity index is 2.65. The molecule has 4 heteroatoms. The summed E-state index contributed by atoms with van der Waals surface area (Å²) in [7, 11) is 1.89. The SMILES string of the molecule is CCCCN(C)C(=O)CCc1ccc(N(CCC)CCC)c(N)c1. The Bertz CT molecular complexity index is 496. The number of unbranched alkanes of at least 4 members (excludes halogenated alkanes) is 1. The van der Waals surface area contributed by atoms with E-state index < -0.39 is 0 Å². The summed E-state index contributed by atoms with van der Waals surface area (Å²) in [6, 6.07) is 6.26. The first kappa shape index (κ1) is 20.3. The van der Waals surface area contributed by atoms with Gasteiger partial charge in [0.1, 0.15) is 0 Å². The van der Waals surface area contributed by atoms with Crippen LogP contribution in [0.3, 0.4) is 0 Å². The first-order chi connectivity index (χ1) is 11.5. The number of nitrogen functional groups attached to an aromatic ring is 1. The van der Waals surface area contributed by atoms with E-state index in [0.29, 0.717) is 6.42 Å². The van der Waals surface area contributed by atoms with Gasteiger partial charge in [0.15, 0.2) is 0 Å². The standard InChI is InChI=1S/C20H35N3O/c1-5-8-15-22(4)20(24)12-10-17-9-11-19(18(21)16-17)23(13-6-2)14-7-3/h9,11,16H,5-8,10,12-15,21H2,1-4H3. The number of anilines is 2. The molecule has 1 aromatic carbocycles. The number of nitrogens with zero attached hydrogens (tertiary/aromatic N) is 2. The van der Waals surface area contributed by atoms with Crippen LogP contribution >= 0.6 is 0 Å². The number of benzene rings is 1. The Morgan fingerprint density at radius 2 is 1.71 bits per heavy atom. The topological polar surface area (TPSA) is 49.6 Å². The summed E-state index contributed by atoms with van der Waals surface area (Å²) >= 11 is 0. The third kappa shape index (κ3) is 6.42. The highest BCUT2D eigenvalue weighted by molar-refractivity contribution is 5.76. The van der Waals surface area contributed by atoms with Crippen molar-refractivity contribution in [2.75, 3.05) is 37.3 Å². The summed E-state index contributed by atoms with van der Waals surface area (Å²) in [6.07, 6.45) is 5.70. The van der Waals surface area contributed by atoms with Crippen LogP contribution in [0.25, 0.3) is 0 Å². The number of carbonyl (C=O) groups excluding carboxylic acids is 1. The normalized spacial score (nSPS) is 10.7. The molecule has 1 amide bonds. The molecule has 1 rings (SSSR count). The molecule has 0 aliphatic heterocycles. The average Bonchev–Trinajstić information content (AvgIpc) is 2.57. The molecule has 0 saturated carbocycles. The Hall–Kier alpha value is -1.71. The maximum absolute atomic E-state index is 12.1. The fraction of sp³-hybridized carbons (Fsp3) is 0.650. The van der Waals surface area contributed by atoms with E-state index in [1.165, 1.54) is 0 Å². The number of hydrogen-bond donors (Lipinski definition) is 1. The maximum Gasteiger partial charge on any atom is 0.222 e. The van der Waals surface area contributed by atoms with Crippen LogP contribution in [0.15, 0.2) is 18.2 Å². The number of carbonyl (C=O) groups is 1. The van der Waals surface area contributed by atoms with Gasteiger partial charge in [-0.25, -0.2) is 0 Å². The highest BCUT2D eigenvalue weighted by Gasteiger charge is 2.11. The summed E-state index contributed by atoms with van der Waals surface area (Å²) in [5.41, 5.74) is 9.36. The number of nitrogens with two attached hydrogens (primary N) is 1. The Labute approximate surface area is 148 Å². The second-order valence-electron chi connectivity index (χ2n) is 6.55. The van der Waals surface area contributed by atoms with E-state index >= 15 is 0 Å². The van der Waals surface area contributed by atoms with Gasteiger partial charge in [0.05, 0.1) is 11.4 Å². The van der Waals surface area contributed by atoms with Crippen molar-refractivity contribution in [1.29, 1.82) is 0 Å². The van der Waals surface area contributed by atoms with Gasteiger partial charge in [0, 0.05) is 33.1 Å². The Morgan fingerprint density at radius 1 is 1.04 bits per heavy atom. The van der Waals surface area contributed by atoms with Crippen molar-refractivity contribution >= 4 is 17.3 Å². The number of hydrogen-bond acceptors (Lipinski definition) is 3. The number of rotatable bonds is 11. The second kappa shape index (κ2) is 11.0. The van der Waals surface area contributed by atoms with Gasteiger partial charge in [-0.1, -0.05) is 33.3 Å². The molecule has 0 aliphatic rings. The highest BCUT2D eigenvalue weighted by Crippen LogP contribution is 2.25. The highest BCUT2D eigenvalue weighted by atomic mass is 16.2. The van der Waals surface area contributed by atoms with E-state index in [4.69, 9.17) is 5.73 Å². The average molecular weight is 334 g/mol. The fourth-order valence-electron chi connectivity index (χ4n) is 2.90. The quantitative estimate of drug-likeness (QED) is 0.621. The summed E-state index contributed by atoms with van der Waals surface area (Å²) in [6.45, 7) is 9.42. The van der Waals surface area contributed by atoms with Crippen LogP contribution < -0.4 is 10.6 Å². The molecule has 24 heavy (non-hydrogen) atoms. The van der Waals surface area contributed by atoms with Crippen molar-refractivity contribution in [2.45, 2.75) is 59.3 Å². The molecule has 0 atom stereocenters. The first-order valence-corrected chi connectivity index (χ1v) is 9.40. The molecule has 1 aromatic rings. The summed E-state index contributed by atoms with van der Waals surface area (Å²) in [5.74, 6) is 0.213. The zero-order chi connectivity index (χ0) is 17.9. The van der Waals surface area contributed by atoms with E-state index in [1.54, 1.807) is 0 Å². The predicted molar refractivity (Wildman–Crippen MR) is 105 cm³/mol. The molecule has 0 heterocycles. The van der Waals surface area contributed by atoms with Gasteiger partial charge in [0.25, 0.3) is 0 Å². The molecular formula is C20H35N3O. The smallest absolute Gasteiger partial charge is 0.222 e. The van der Waals surface area contributed by atoms with Gasteiger partial charge >= 0.3 is 0 Å². The number of aryl methyl sites for hydroxylation is 1. The van der Waals surface area contributed by atoms with E-state index in [-0.39, 0.29) is 5.91 Å². The minimum atomic E-state index is 0.213. The lowest BCUT2D eigenvalue weighted by atomic mass is 10.1. The zero-order valence-corrected chi connectivity index (χ0v) is 16.0. The van der Waals surface area contributed by atoms with Gasteiger partial charge in [-0.3, -0.25) is 4.79 Å². The molecule has 0 bridgehead atoms. The minimum Gasteiger partial charge on any atom is -0.397 e. The van der Waals surface area contributed by atoms with E-state index in [9.17, 15) is 4.79 Å². The van der Waals surface area contributed by atoms with Gasteiger partial charge in [0.2, 0.25) is 5.91 Å². The van der Waals surface area contributed by atoms with Gasteiger partial charge < -0.3 is 15.5 Å². The lowest BCUT2D eigenvalue weighted by molar-refractivity contribution is -0.129. The second-order valence-corrected chi connectivity index (χ2v) is 6.55. The van der Waals surface area contributed by atoms with Gasteiger partial charge in [-0.2, -0.15) is 0 Å². The molecule has 0 unspecified atom stereocenters. The lowest BCUT2D eigenvalue weighted by Gasteiger charge is -2.25. The van der Waals surface area contributed by atoms with Crippen LogP contribution in [0.4, 0.5) is 11.4 Å². The Kier molecular flexibility index (Phi) is 9.28. The van der Waals surface area contributed by atoms with Crippen LogP contribution in [-0.2, 0) is 11.2 Å². The molecule has 0 aliphatic carbocycles. The fourth-order valence-corrected chi connectivity index (χ4v) is 2.90. The third-order valence-electron chi connectivity index (χ3n) is 4.32. The molecule has 0 spiro atoms. The predicted octanol–water partition coefficient (Wildman–Crippen LogP) is 4.09. The third-order valence-corrected chi connectivity index (χ3v) is 4.32. The van der Waals surface area contributed by atoms with Crippen LogP contribution in [-0.4, -0.2) is 37.5 Å². The molecule has 4 nitrogen and oxygen atoms in total. The Morgan fingerprint density at radius 3 is 2.25 bits per heavy atom. The van der Waals surface area contributed by atoms with Crippen molar-refractivity contribution in [2.24, 2.45) is 0 Å². The molecular weight excluding hydrogens is 298 g/mol. The van der Waals surface area contributed by atoms with E-state index in [2.05, 4.69) is 37.8 Å². The van der Waals surface area contributed by atoms with Crippen molar-refractivity contribution in [3.63, 3.8) is 0 Å². The summed E-state index contributed by atoms with van der Waals surface area (Å²) in [5, 5.41) is 0. The molecule has 0 fully saturated rings. The van der Waals surface area contributed by atoms with Crippen molar-refractivity contribution < 1.29 is 4.79 Å². The number of amides is 1. The molecule has 136 valence electrons. The first-order valence-electron chi connectivity index (χ1n) is 9.40. The van der Waals surface area contributed by atoms with Gasteiger partial charge in [-0.15, -0.1) is 0 Å². The van der Waals surface area contributed by atoms with Crippen molar-refractivity contribution in [3.8, 4) is 0 Å². The van der Waals surface area contributed by atoms with E-state index in [1.807, 2.05) is 18.0 Å². The maximum atomic E-state index is 12.1. The molecule has 0 saturated heterocycles. The van der Waals surface area contributed by atoms with Crippen LogP contribution in [0.1, 0.15) is 58.4 Å². The largest absolute Gasteiger partial charge is 0.397 e. The van der Waals surface area contributed by atoms with Crippen LogP contribution in [0, 0.1) is 0 Å². The lowest BCUT2D eigenvalue weighted by Crippen LogP contribution is -2.28. The van der Waals surface area contributed by atoms with Crippen molar-refractivity contribution in [1.82, 2.24) is 4.90 Å². The monoisotopic (exact) mass is 333 g/mol. The van der Waals surface area contributed by atoms with Gasteiger partial charge in [-0.05, 0) is 43.4 Å². The summed E-state index contributed by atoms with van der Waals surface area (Å²) in [4.78, 5) is 16.3. The molecule has 0 aromatic heterocycles. The van der Waals surface area contributed by atoms with E-state index in [0.717, 1.165) is 68.7 Å².